The van der Waals surface area contributed by atoms with E-state index < -0.39 is 23.7 Å². The van der Waals surface area contributed by atoms with Crippen molar-refractivity contribution in [1.82, 2.24) is 10.4 Å². The number of hydrogen-bond donors (Lipinski definition) is 1. The van der Waals surface area contributed by atoms with Crippen molar-refractivity contribution >= 4 is 17.8 Å². The molecule has 1 rings (SSSR count). The van der Waals surface area contributed by atoms with Gasteiger partial charge in [0.2, 0.25) is 5.91 Å². The van der Waals surface area contributed by atoms with Gasteiger partial charge in [-0.15, -0.1) is 0 Å². The zero-order chi connectivity index (χ0) is 12.1. The molecule has 0 aromatic carbocycles. The molecule has 0 aliphatic carbocycles. The highest BCUT2D eigenvalue weighted by molar-refractivity contribution is 5.88. The van der Waals surface area contributed by atoms with Gasteiger partial charge in [0.1, 0.15) is 6.42 Å². The number of nitrogens with zero attached hydrogens (tertiary/aromatic N) is 2. The summed E-state index contributed by atoms with van der Waals surface area (Å²) in [7, 11) is 1.22. The first-order chi connectivity index (χ1) is 7.58. The fourth-order valence-corrected chi connectivity index (χ4v) is 1.40. The Morgan fingerprint density at radius 3 is 2.94 bits per heavy atom. The van der Waals surface area contributed by atoms with Crippen molar-refractivity contribution in [3.05, 3.63) is 0 Å². The number of amides is 2. The lowest BCUT2D eigenvalue weighted by atomic mass is 10.0. The number of rotatable bonds is 2. The molecule has 0 bridgehead atoms. The van der Waals surface area contributed by atoms with E-state index >= 15 is 0 Å². The van der Waals surface area contributed by atoms with Gasteiger partial charge in [-0.25, -0.2) is 0 Å². The van der Waals surface area contributed by atoms with Crippen LogP contribution in [0, 0.1) is 17.2 Å². The fraction of sp³-hybridized carbons (Fsp3) is 0.556. The van der Waals surface area contributed by atoms with Crippen molar-refractivity contribution in [1.29, 1.82) is 5.26 Å². The van der Waals surface area contributed by atoms with Crippen molar-refractivity contribution in [3.63, 3.8) is 0 Å². The number of hydrogen-bond acceptors (Lipinski definition) is 5. The number of nitriles is 1. The highest BCUT2D eigenvalue weighted by atomic mass is 16.5. The van der Waals surface area contributed by atoms with Gasteiger partial charge in [0, 0.05) is 6.42 Å². The molecule has 0 radical (unpaired) electrons. The van der Waals surface area contributed by atoms with E-state index in [0.29, 0.717) is 0 Å². The molecule has 86 valence electrons. The third-order valence-electron chi connectivity index (χ3n) is 2.16. The summed E-state index contributed by atoms with van der Waals surface area (Å²) in [6, 6.07) is 1.68. The summed E-state index contributed by atoms with van der Waals surface area (Å²) in [5.41, 5.74) is 2.30. The summed E-state index contributed by atoms with van der Waals surface area (Å²) >= 11 is 0. The van der Waals surface area contributed by atoms with Crippen LogP contribution in [-0.2, 0) is 19.1 Å². The smallest absolute Gasteiger partial charge is 0.311 e. The first-order valence-corrected chi connectivity index (χ1v) is 4.63. The number of esters is 1. The van der Waals surface area contributed by atoms with E-state index in [1.54, 1.807) is 6.07 Å². The van der Waals surface area contributed by atoms with E-state index in [2.05, 4.69) is 10.2 Å². The van der Waals surface area contributed by atoms with Gasteiger partial charge in [0.15, 0.2) is 0 Å². The summed E-state index contributed by atoms with van der Waals surface area (Å²) in [4.78, 5) is 33.8. The van der Waals surface area contributed by atoms with Gasteiger partial charge in [-0.1, -0.05) is 0 Å². The SMILES string of the molecule is COC(=O)C1CC(=O)NN(C(=O)CC#N)C1. The Labute approximate surface area is 91.9 Å². The summed E-state index contributed by atoms with van der Waals surface area (Å²) in [6.07, 6.45) is -0.350. The van der Waals surface area contributed by atoms with Crippen molar-refractivity contribution in [2.75, 3.05) is 13.7 Å². The molecule has 1 heterocycles. The molecule has 7 nitrogen and oxygen atoms in total. The number of methoxy groups -OCH3 is 1. The normalized spacial score (nSPS) is 19.6. The van der Waals surface area contributed by atoms with Crippen LogP contribution in [0.4, 0.5) is 0 Å². The molecule has 16 heavy (non-hydrogen) atoms. The lowest BCUT2D eigenvalue weighted by molar-refractivity contribution is -0.156. The number of carbonyl (C=O) groups is 3. The molecule has 0 aromatic heterocycles. The predicted molar refractivity (Wildman–Crippen MR) is 50.2 cm³/mol. The molecular formula is C9H11N3O4. The Kier molecular flexibility index (Phi) is 3.83. The van der Waals surface area contributed by atoms with Crippen molar-refractivity contribution in [2.24, 2.45) is 5.92 Å². The maximum atomic E-state index is 11.3. The topological polar surface area (TPSA) is 99.5 Å². The van der Waals surface area contributed by atoms with Crippen molar-refractivity contribution in [2.45, 2.75) is 12.8 Å². The Morgan fingerprint density at radius 2 is 2.38 bits per heavy atom. The molecule has 1 unspecified atom stereocenters. The van der Waals surface area contributed by atoms with E-state index in [9.17, 15) is 14.4 Å². The zero-order valence-electron chi connectivity index (χ0n) is 8.73. The van der Waals surface area contributed by atoms with E-state index in [1.165, 1.54) is 7.11 Å². The van der Waals surface area contributed by atoms with Crippen molar-refractivity contribution in [3.8, 4) is 6.07 Å². The average Bonchev–Trinajstić information content (AvgIpc) is 2.27. The van der Waals surface area contributed by atoms with Gasteiger partial charge in [0.05, 0.1) is 25.6 Å². The van der Waals surface area contributed by atoms with Crippen LogP contribution in [0.25, 0.3) is 0 Å². The maximum absolute atomic E-state index is 11.3. The molecule has 2 amide bonds. The quantitative estimate of drug-likeness (QED) is 0.604. The van der Waals surface area contributed by atoms with Crippen LogP contribution in [0.2, 0.25) is 0 Å². The second kappa shape index (κ2) is 5.11. The molecule has 1 aliphatic heterocycles. The standard InChI is InChI=1S/C9H11N3O4/c1-16-9(15)6-4-7(13)11-12(5-6)8(14)2-3-10/h6H,2,4-5H2,1H3,(H,11,13). The highest BCUT2D eigenvalue weighted by Gasteiger charge is 2.32. The van der Waals surface area contributed by atoms with Gasteiger partial charge in [0.25, 0.3) is 5.91 Å². The lowest BCUT2D eigenvalue weighted by Crippen LogP contribution is -2.54. The molecule has 1 saturated heterocycles. The van der Waals surface area contributed by atoms with Gasteiger partial charge < -0.3 is 4.74 Å². The molecule has 1 N–H and O–H groups in total. The first-order valence-electron chi connectivity index (χ1n) is 4.63. The second-order valence-electron chi connectivity index (χ2n) is 3.30. The zero-order valence-corrected chi connectivity index (χ0v) is 8.73. The van der Waals surface area contributed by atoms with Gasteiger partial charge >= 0.3 is 5.97 Å². The fourth-order valence-electron chi connectivity index (χ4n) is 1.40. The Bertz CT molecular complexity index is 360. The number of nitrogens with one attached hydrogen (secondary N) is 1. The maximum Gasteiger partial charge on any atom is 0.311 e. The average molecular weight is 225 g/mol. The third kappa shape index (κ3) is 2.70. The summed E-state index contributed by atoms with van der Waals surface area (Å²) in [5, 5.41) is 9.34. The van der Waals surface area contributed by atoms with Gasteiger partial charge in [-0.3, -0.25) is 24.8 Å². The third-order valence-corrected chi connectivity index (χ3v) is 2.16. The number of carbonyl (C=O) groups excluding carboxylic acids is 3. The van der Waals surface area contributed by atoms with Crippen LogP contribution >= 0.6 is 0 Å². The Hall–Kier alpha value is -2.10. The van der Waals surface area contributed by atoms with E-state index in [0.717, 1.165) is 5.01 Å². The Balaban J connectivity index is 2.68. The summed E-state index contributed by atoms with van der Waals surface area (Å²) < 4.78 is 4.50. The minimum Gasteiger partial charge on any atom is -0.469 e. The summed E-state index contributed by atoms with van der Waals surface area (Å²) in [6.45, 7) is 0.0406. The monoisotopic (exact) mass is 225 g/mol. The van der Waals surface area contributed by atoms with E-state index in [4.69, 9.17) is 5.26 Å². The van der Waals surface area contributed by atoms with Crippen LogP contribution in [0.5, 0.6) is 0 Å². The van der Waals surface area contributed by atoms with E-state index in [-0.39, 0.29) is 19.4 Å². The minimum atomic E-state index is -0.665. The van der Waals surface area contributed by atoms with Gasteiger partial charge in [-0.05, 0) is 0 Å². The molecule has 1 atom stereocenters. The van der Waals surface area contributed by atoms with Crippen LogP contribution in [-0.4, -0.2) is 36.4 Å². The lowest BCUT2D eigenvalue weighted by Gasteiger charge is -2.30. The molecule has 7 heteroatoms. The second-order valence-corrected chi connectivity index (χ2v) is 3.30. The molecule has 1 aliphatic rings. The molecule has 0 aromatic rings. The minimum absolute atomic E-state index is 0.0109. The molecule has 0 spiro atoms. The van der Waals surface area contributed by atoms with E-state index in [1.807, 2.05) is 0 Å². The molecule has 1 fully saturated rings. The Morgan fingerprint density at radius 1 is 1.69 bits per heavy atom. The van der Waals surface area contributed by atoms with Crippen molar-refractivity contribution < 1.29 is 19.1 Å². The van der Waals surface area contributed by atoms with Crippen LogP contribution in [0.3, 0.4) is 0 Å². The van der Waals surface area contributed by atoms with Crippen LogP contribution in [0.1, 0.15) is 12.8 Å². The molecular weight excluding hydrogens is 214 g/mol. The molecule has 0 saturated carbocycles. The summed E-state index contributed by atoms with van der Waals surface area (Å²) in [5.74, 6) is -2.18. The predicted octanol–water partition coefficient (Wildman–Crippen LogP) is -1.05. The van der Waals surface area contributed by atoms with Crippen LogP contribution in [0.15, 0.2) is 0 Å². The van der Waals surface area contributed by atoms with Gasteiger partial charge in [-0.2, -0.15) is 5.26 Å². The first kappa shape index (κ1) is 12.0. The number of hydrazine groups is 1. The highest BCUT2D eigenvalue weighted by Crippen LogP contribution is 2.13. The number of ether oxygens (including phenoxy) is 1. The largest absolute Gasteiger partial charge is 0.469 e. The van der Waals surface area contributed by atoms with Crippen LogP contribution < -0.4 is 5.43 Å².